The van der Waals surface area contributed by atoms with Crippen LogP contribution in [0.5, 0.6) is 0 Å². The summed E-state index contributed by atoms with van der Waals surface area (Å²) in [7, 11) is 0. The van der Waals surface area contributed by atoms with E-state index in [-0.39, 0.29) is 12.5 Å². The maximum atomic E-state index is 11.8. The molecule has 0 bridgehead atoms. The Morgan fingerprint density at radius 2 is 2.06 bits per heavy atom. The molecule has 1 rings (SSSR count). The Morgan fingerprint density at radius 3 is 2.59 bits per heavy atom. The molecule has 0 aromatic heterocycles. The molecular formula is C12H24N2O3. The van der Waals surface area contributed by atoms with E-state index in [1.807, 2.05) is 13.8 Å². The van der Waals surface area contributed by atoms with Crippen molar-refractivity contribution in [2.24, 2.45) is 0 Å². The summed E-state index contributed by atoms with van der Waals surface area (Å²) in [6, 6.07) is 0.387. The third-order valence-electron chi connectivity index (χ3n) is 3.06. The molecule has 1 saturated heterocycles. The van der Waals surface area contributed by atoms with Crippen molar-refractivity contribution in [2.45, 2.75) is 44.7 Å². The molecule has 0 spiro atoms. The van der Waals surface area contributed by atoms with Crippen LogP contribution in [0.3, 0.4) is 0 Å². The summed E-state index contributed by atoms with van der Waals surface area (Å²) in [6.45, 7) is 5.95. The molecule has 1 amide bonds. The van der Waals surface area contributed by atoms with Crippen molar-refractivity contribution in [1.29, 1.82) is 0 Å². The second-order valence-electron chi connectivity index (χ2n) is 4.96. The van der Waals surface area contributed by atoms with Gasteiger partial charge in [0.05, 0.1) is 12.1 Å². The number of carbonyl (C=O) groups excluding carboxylic acids is 1. The summed E-state index contributed by atoms with van der Waals surface area (Å²) >= 11 is 0. The standard InChI is InChI=1S/C12H24N2O3/c1-10(2)13-6-3-11(16)14-12(9-15)4-7-17-8-5-12/h10,13,15H,3-9H2,1-2H3,(H,14,16). The maximum absolute atomic E-state index is 11.8. The van der Waals surface area contributed by atoms with Crippen molar-refractivity contribution >= 4 is 5.91 Å². The molecule has 5 heteroatoms. The zero-order chi connectivity index (χ0) is 12.7. The summed E-state index contributed by atoms with van der Waals surface area (Å²) in [6.07, 6.45) is 1.82. The fraction of sp³-hybridized carbons (Fsp3) is 0.917. The molecule has 0 aromatic rings. The van der Waals surface area contributed by atoms with E-state index in [0.717, 1.165) is 0 Å². The van der Waals surface area contributed by atoms with Gasteiger partial charge in [-0.1, -0.05) is 13.8 Å². The number of hydrogen-bond donors (Lipinski definition) is 3. The van der Waals surface area contributed by atoms with Crippen molar-refractivity contribution in [3.63, 3.8) is 0 Å². The van der Waals surface area contributed by atoms with Crippen LogP contribution in [0.2, 0.25) is 0 Å². The van der Waals surface area contributed by atoms with Crippen LogP contribution in [0.15, 0.2) is 0 Å². The Labute approximate surface area is 103 Å². The minimum Gasteiger partial charge on any atom is -0.394 e. The molecule has 0 radical (unpaired) electrons. The average molecular weight is 244 g/mol. The summed E-state index contributed by atoms with van der Waals surface area (Å²) in [5.41, 5.74) is -0.465. The van der Waals surface area contributed by atoms with Gasteiger partial charge in [0, 0.05) is 32.2 Å². The Bertz CT molecular complexity index is 238. The quantitative estimate of drug-likeness (QED) is 0.616. The van der Waals surface area contributed by atoms with E-state index in [2.05, 4.69) is 10.6 Å². The van der Waals surface area contributed by atoms with E-state index in [1.165, 1.54) is 0 Å². The van der Waals surface area contributed by atoms with Gasteiger partial charge in [-0.05, 0) is 12.8 Å². The zero-order valence-corrected chi connectivity index (χ0v) is 10.8. The third-order valence-corrected chi connectivity index (χ3v) is 3.06. The van der Waals surface area contributed by atoms with Crippen LogP contribution in [-0.4, -0.2) is 49.0 Å². The van der Waals surface area contributed by atoms with Gasteiger partial charge < -0.3 is 20.5 Å². The zero-order valence-electron chi connectivity index (χ0n) is 10.8. The van der Waals surface area contributed by atoms with Crippen LogP contribution in [0.25, 0.3) is 0 Å². The van der Waals surface area contributed by atoms with Crippen molar-refractivity contribution in [3.8, 4) is 0 Å². The topological polar surface area (TPSA) is 70.6 Å². The monoisotopic (exact) mass is 244 g/mol. The molecule has 17 heavy (non-hydrogen) atoms. The molecule has 0 unspecified atom stereocenters. The fourth-order valence-corrected chi connectivity index (χ4v) is 1.92. The number of amides is 1. The van der Waals surface area contributed by atoms with Crippen LogP contribution >= 0.6 is 0 Å². The molecule has 5 nitrogen and oxygen atoms in total. The highest BCUT2D eigenvalue weighted by molar-refractivity contribution is 5.77. The van der Waals surface area contributed by atoms with Gasteiger partial charge in [-0.25, -0.2) is 0 Å². The van der Waals surface area contributed by atoms with E-state index in [9.17, 15) is 9.90 Å². The van der Waals surface area contributed by atoms with Gasteiger partial charge >= 0.3 is 0 Å². The molecule has 3 N–H and O–H groups in total. The van der Waals surface area contributed by atoms with Crippen LogP contribution in [0, 0.1) is 0 Å². The van der Waals surface area contributed by atoms with Crippen LogP contribution < -0.4 is 10.6 Å². The second-order valence-corrected chi connectivity index (χ2v) is 4.96. The first kappa shape index (κ1) is 14.4. The first-order chi connectivity index (χ1) is 8.08. The van der Waals surface area contributed by atoms with Crippen LogP contribution in [0.1, 0.15) is 33.1 Å². The van der Waals surface area contributed by atoms with E-state index < -0.39 is 5.54 Å². The Hall–Kier alpha value is -0.650. The van der Waals surface area contributed by atoms with Gasteiger partial charge in [-0.15, -0.1) is 0 Å². The highest BCUT2D eigenvalue weighted by atomic mass is 16.5. The van der Waals surface area contributed by atoms with Gasteiger partial charge in [0.1, 0.15) is 0 Å². The first-order valence-electron chi connectivity index (χ1n) is 6.31. The smallest absolute Gasteiger partial charge is 0.221 e. The number of aliphatic hydroxyl groups is 1. The predicted molar refractivity (Wildman–Crippen MR) is 65.8 cm³/mol. The van der Waals surface area contributed by atoms with Crippen molar-refractivity contribution < 1.29 is 14.6 Å². The van der Waals surface area contributed by atoms with Crippen molar-refractivity contribution in [3.05, 3.63) is 0 Å². The lowest BCUT2D eigenvalue weighted by molar-refractivity contribution is -0.125. The molecule has 1 aliphatic heterocycles. The number of hydrogen-bond acceptors (Lipinski definition) is 4. The lowest BCUT2D eigenvalue weighted by Gasteiger charge is -2.36. The van der Waals surface area contributed by atoms with Gasteiger partial charge in [-0.3, -0.25) is 4.79 Å². The molecule has 1 aliphatic rings. The predicted octanol–water partition coefficient (Wildman–Crippen LogP) is 0.0322. The highest BCUT2D eigenvalue weighted by Crippen LogP contribution is 2.19. The number of nitrogens with one attached hydrogen (secondary N) is 2. The third kappa shape index (κ3) is 5.02. The lowest BCUT2D eigenvalue weighted by atomic mass is 9.91. The minimum atomic E-state index is -0.465. The molecule has 1 fully saturated rings. The van der Waals surface area contributed by atoms with Crippen LogP contribution in [0.4, 0.5) is 0 Å². The Balaban J connectivity index is 2.32. The second kappa shape index (κ2) is 6.93. The van der Waals surface area contributed by atoms with Gasteiger partial charge in [-0.2, -0.15) is 0 Å². The van der Waals surface area contributed by atoms with Crippen LogP contribution in [-0.2, 0) is 9.53 Å². The van der Waals surface area contributed by atoms with E-state index in [1.54, 1.807) is 0 Å². The molecule has 0 saturated carbocycles. The fourth-order valence-electron chi connectivity index (χ4n) is 1.92. The SMILES string of the molecule is CC(C)NCCC(=O)NC1(CO)CCOCC1. The Morgan fingerprint density at radius 1 is 1.41 bits per heavy atom. The summed E-state index contributed by atoms with van der Waals surface area (Å²) in [4.78, 5) is 11.8. The molecule has 100 valence electrons. The molecule has 0 aromatic carbocycles. The largest absolute Gasteiger partial charge is 0.394 e. The molecule has 0 atom stereocenters. The van der Waals surface area contributed by atoms with Crippen molar-refractivity contribution in [2.75, 3.05) is 26.4 Å². The van der Waals surface area contributed by atoms with E-state index >= 15 is 0 Å². The summed E-state index contributed by atoms with van der Waals surface area (Å²) in [5, 5.41) is 15.6. The van der Waals surface area contributed by atoms with E-state index in [4.69, 9.17) is 4.74 Å². The average Bonchev–Trinajstić information content (AvgIpc) is 2.29. The van der Waals surface area contributed by atoms with Gasteiger partial charge in [0.25, 0.3) is 0 Å². The van der Waals surface area contributed by atoms with E-state index in [0.29, 0.717) is 45.1 Å². The number of rotatable bonds is 6. The number of aliphatic hydroxyl groups excluding tert-OH is 1. The lowest BCUT2D eigenvalue weighted by Crippen LogP contribution is -2.55. The Kier molecular flexibility index (Phi) is 5.88. The summed E-state index contributed by atoms with van der Waals surface area (Å²) < 4.78 is 5.25. The number of carbonyl (C=O) groups is 1. The van der Waals surface area contributed by atoms with Gasteiger partial charge in [0.2, 0.25) is 5.91 Å². The molecule has 1 heterocycles. The first-order valence-corrected chi connectivity index (χ1v) is 6.31. The summed E-state index contributed by atoms with van der Waals surface area (Å²) in [5.74, 6) is -0.00546. The molecule has 0 aliphatic carbocycles. The molecular weight excluding hydrogens is 220 g/mol. The maximum Gasteiger partial charge on any atom is 0.221 e. The highest BCUT2D eigenvalue weighted by Gasteiger charge is 2.33. The van der Waals surface area contributed by atoms with Gasteiger partial charge in [0.15, 0.2) is 0 Å². The minimum absolute atomic E-state index is 0.00546. The van der Waals surface area contributed by atoms with Crippen molar-refractivity contribution in [1.82, 2.24) is 10.6 Å². The number of ether oxygens (including phenoxy) is 1. The normalized spacial score (nSPS) is 19.3.